The van der Waals surface area contributed by atoms with Gasteiger partial charge in [0.15, 0.2) is 17.5 Å². The van der Waals surface area contributed by atoms with Gasteiger partial charge < -0.3 is 20.5 Å². The van der Waals surface area contributed by atoms with Gasteiger partial charge in [-0.05, 0) is 37.1 Å². The topological polar surface area (TPSA) is 68.9 Å². The first-order valence-electron chi connectivity index (χ1n) is 8.38. The highest BCUT2D eigenvalue weighted by Crippen LogP contribution is 2.33. The summed E-state index contributed by atoms with van der Waals surface area (Å²) in [7, 11) is 0. The molecule has 8 heteroatoms. The molecular weight excluding hydrogens is 467 g/mol. The van der Waals surface area contributed by atoms with Gasteiger partial charge in [0, 0.05) is 11.3 Å². The van der Waals surface area contributed by atoms with Crippen LogP contribution in [0.1, 0.15) is 25.0 Å². The van der Waals surface area contributed by atoms with E-state index in [9.17, 15) is 8.78 Å². The SMILES string of the molecule is CCOc1cccc(CN=C(N)Nc2cccc(CC)c2)c1OC(F)F.I. The molecule has 148 valence electrons. The number of para-hydroxylation sites is 1. The molecular formula is C19H24F2IN3O2. The van der Waals surface area contributed by atoms with Crippen LogP contribution in [0.4, 0.5) is 14.5 Å². The van der Waals surface area contributed by atoms with E-state index in [2.05, 4.69) is 22.0 Å². The van der Waals surface area contributed by atoms with E-state index in [0.29, 0.717) is 12.2 Å². The van der Waals surface area contributed by atoms with E-state index < -0.39 is 6.61 Å². The zero-order chi connectivity index (χ0) is 18.9. The number of nitrogens with zero attached hydrogens (tertiary/aromatic N) is 1. The Kier molecular flexibility index (Phi) is 9.84. The van der Waals surface area contributed by atoms with Gasteiger partial charge in [-0.1, -0.05) is 31.2 Å². The van der Waals surface area contributed by atoms with Gasteiger partial charge in [0.25, 0.3) is 0 Å². The Hall–Kier alpha value is -2.10. The number of aryl methyl sites for hydroxylation is 1. The summed E-state index contributed by atoms with van der Waals surface area (Å²) in [6.45, 7) is 1.29. The molecule has 0 spiro atoms. The monoisotopic (exact) mass is 491 g/mol. The fraction of sp³-hybridized carbons (Fsp3) is 0.316. The average Bonchev–Trinajstić information content (AvgIpc) is 2.62. The highest BCUT2D eigenvalue weighted by Gasteiger charge is 2.15. The Balaban J connectivity index is 0.00000364. The highest BCUT2D eigenvalue weighted by molar-refractivity contribution is 14.0. The van der Waals surface area contributed by atoms with Crippen molar-refractivity contribution in [3.05, 3.63) is 53.6 Å². The van der Waals surface area contributed by atoms with Gasteiger partial charge in [0.2, 0.25) is 0 Å². The van der Waals surface area contributed by atoms with Crippen molar-refractivity contribution in [3.8, 4) is 11.5 Å². The Labute approximate surface area is 175 Å². The number of guanidine groups is 1. The Morgan fingerprint density at radius 2 is 1.93 bits per heavy atom. The number of hydrogen-bond donors (Lipinski definition) is 2. The minimum Gasteiger partial charge on any atom is -0.490 e. The lowest BCUT2D eigenvalue weighted by Crippen LogP contribution is -2.22. The van der Waals surface area contributed by atoms with E-state index in [-0.39, 0.29) is 48.0 Å². The Morgan fingerprint density at radius 1 is 1.19 bits per heavy atom. The molecule has 0 saturated heterocycles. The largest absolute Gasteiger partial charge is 0.490 e. The number of rotatable bonds is 8. The van der Waals surface area contributed by atoms with Crippen LogP contribution in [0, 0.1) is 0 Å². The number of alkyl halides is 2. The predicted molar refractivity (Wildman–Crippen MR) is 114 cm³/mol. The lowest BCUT2D eigenvalue weighted by molar-refractivity contribution is -0.0520. The summed E-state index contributed by atoms with van der Waals surface area (Å²) in [5, 5.41) is 2.99. The molecule has 3 N–H and O–H groups in total. The molecule has 0 amide bonds. The summed E-state index contributed by atoms with van der Waals surface area (Å²) < 4.78 is 35.4. The number of benzene rings is 2. The van der Waals surface area contributed by atoms with Crippen LogP contribution < -0.4 is 20.5 Å². The van der Waals surface area contributed by atoms with Crippen LogP contribution in [0.2, 0.25) is 0 Å². The third-order valence-corrected chi connectivity index (χ3v) is 3.59. The molecule has 0 bridgehead atoms. The Bertz CT molecular complexity index is 757. The molecule has 0 radical (unpaired) electrons. The predicted octanol–water partition coefficient (Wildman–Crippen LogP) is 4.79. The molecule has 0 saturated carbocycles. The van der Waals surface area contributed by atoms with Crippen molar-refractivity contribution in [2.75, 3.05) is 11.9 Å². The lowest BCUT2D eigenvalue weighted by Gasteiger charge is -2.14. The van der Waals surface area contributed by atoms with Crippen molar-refractivity contribution in [1.29, 1.82) is 0 Å². The molecule has 2 rings (SSSR count). The first-order chi connectivity index (χ1) is 12.5. The quantitative estimate of drug-likeness (QED) is 0.317. The minimum atomic E-state index is -2.95. The number of anilines is 1. The van der Waals surface area contributed by atoms with Crippen molar-refractivity contribution in [2.45, 2.75) is 33.4 Å². The van der Waals surface area contributed by atoms with E-state index in [0.717, 1.165) is 12.1 Å². The first-order valence-corrected chi connectivity index (χ1v) is 8.38. The molecule has 0 aliphatic heterocycles. The van der Waals surface area contributed by atoms with Gasteiger partial charge in [-0.25, -0.2) is 4.99 Å². The minimum absolute atomic E-state index is 0. The fourth-order valence-electron chi connectivity index (χ4n) is 2.40. The number of ether oxygens (including phenoxy) is 2. The Morgan fingerprint density at radius 3 is 2.59 bits per heavy atom. The van der Waals surface area contributed by atoms with Crippen molar-refractivity contribution in [1.82, 2.24) is 0 Å². The van der Waals surface area contributed by atoms with Crippen molar-refractivity contribution < 1.29 is 18.3 Å². The average molecular weight is 491 g/mol. The highest BCUT2D eigenvalue weighted by atomic mass is 127. The number of nitrogens with two attached hydrogens (primary N) is 1. The molecule has 0 aromatic heterocycles. The van der Waals surface area contributed by atoms with Gasteiger partial charge >= 0.3 is 6.61 Å². The second-order valence-corrected chi connectivity index (χ2v) is 5.44. The van der Waals surface area contributed by atoms with Gasteiger partial charge in [-0.2, -0.15) is 8.78 Å². The van der Waals surface area contributed by atoms with E-state index in [4.69, 9.17) is 10.5 Å². The maximum absolute atomic E-state index is 12.7. The summed E-state index contributed by atoms with van der Waals surface area (Å²) in [5.41, 5.74) is 8.36. The number of aliphatic imine (C=N–C) groups is 1. The normalized spacial score (nSPS) is 11.1. The summed E-state index contributed by atoms with van der Waals surface area (Å²) in [6.07, 6.45) is 0.908. The molecule has 0 heterocycles. The molecule has 0 fully saturated rings. The van der Waals surface area contributed by atoms with Crippen molar-refractivity contribution in [3.63, 3.8) is 0 Å². The number of hydrogen-bond acceptors (Lipinski definition) is 3. The van der Waals surface area contributed by atoms with Crippen molar-refractivity contribution in [2.24, 2.45) is 10.7 Å². The number of nitrogens with one attached hydrogen (secondary N) is 1. The molecule has 27 heavy (non-hydrogen) atoms. The smallest absolute Gasteiger partial charge is 0.387 e. The third-order valence-electron chi connectivity index (χ3n) is 3.59. The summed E-state index contributed by atoms with van der Waals surface area (Å²) in [5.74, 6) is 0.416. The van der Waals surface area contributed by atoms with Crippen LogP contribution in [0.5, 0.6) is 11.5 Å². The zero-order valence-electron chi connectivity index (χ0n) is 15.2. The molecule has 5 nitrogen and oxygen atoms in total. The zero-order valence-corrected chi connectivity index (χ0v) is 17.6. The van der Waals surface area contributed by atoms with Gasteiger partial charge in [-0.3, -0.25) is 0 Å². The van der Waals surface area contributed by atoms with E-state index in [1.807, 2.05) is 24.3 Å². The van der Waals surface area contributed by atoms with E-state index in [1.165, 1.54) is 5.56 Å². The first kappa shape index (κ1) is 22.9. The van der Waals surface area contributed by atoms with E-state index in [1.54, 1.807) is 25.1 Å². The second kappa shape index (κ2) is 11.6. The van der Waals surface area contributed by atoms with Crippen LogP contribution in [0.25, 0.3) is 0 Å². The second-order valence-electron chi connectivity index (χ2n) is 5.44. The van der Waals surface area contributed by atoms with Crippen LogP contribution in [0.3, 0.4) is 0 Å². The molecule has 0 atom stereocenters. The molecule has 0 aliphatic rings. The van der Waals surface area contributed by atoms with Crippen LogP contribution in [-0.4, -0.2) is 19.2 Å². The molecule has 0 unspecified atom stereocenters. The maximum Gasteiger partial charge on any atom is 0.387 e. The molecule has 0 aliphatic carbocycles. The van der Waals surface area contributed by atoms with E-state index >= 15 is 0 Å². The summed E-state index contributed by atoms with van der Waals surface area (Å²) in [4.78, 5) is 4.22. The third kappa shape index (κ3) is 7.20. The van der Waals surface area contributed by atoms with Crippen molar-refractivity contribution >= 4 is 35.6 Å². The maximum atomic E-state index is 12.7. The summed E-state index contributed by atoms with van der Waals surface area (Å²) >= 11 is 0. The summed E-state index contributed by atoms with van der Waals surface area (Å²) in [6, 6.07) is 12.7. The van der Waals surface area contributed by atoms with Gasteiger partial charge in [-0.15, -0.1) is 24.0 Å². The standard InChI is InChI=1S/C19H23F2N3O2.HI/c1-3-13-7-5-9-15(11-13)24-19(22)23-12-14-8-6-10-16(25-4-2)17(14)26-18(20)21;/h5-11,18H,3-4,12H2,1-2H3,(H3,22,23,24);1H. The molecule has 2 aromatic carbocycles. The van der Waals surface area contributed by atoms with Gasteiger partial charge in [0.05, 0.1) is 13.2 Å². The number of halogens is 3. The van der Waals surface area contributed by atoms with Crippen LogP contribution >= 0.6 is 24.0 Å². The van der Waals surface area contributed by atoms with Gasteiger partial charge in [0.1, 0.15) is 0 Å². The van der Waals surface area contributed by atoms with Crippen LogP contribution in [0.15, 0.2) is 47.5 Å². The molecule has 2 aromatic rings. The van der Waals surface area contributed by atoms with Crippen LogP contribution in [-0.2, 0) is 13.0 Å². The fourth-order valence-corrected chi connectivity index (χ4v) is 2.40. The lowest BCUT2D eigenvalue weighted by atomic mass is 10.1.